The van der Waals surface area contributed by atoms with Gasteiger partial charge in [-0.05, 0) is 19.2 Å². The second-order valence-corrected chi connectivity index (χ2v) is 6.20. The maximum Gasteiger partial charge on any atom is 0.278 e. The number of nitrogens with one attached hydrogen (secondary N) is 2. The zero-order valence-corrected chi connectivity index (χ0v) is 13.0. The van der Waals surface area contributed by atoms with Gasteiger partial charge >= 0.3 is 0 Å². The molecule has 0 unspecified atom stereocenters. The van der Waals surface area contributed by atoms with Gasteiger partial charge in [0.1, 0.15) is 0 Å². The van der Waals surface area contributed by atoms with Crippen LogP contribution in [0.15, 0.2) is 29.7 Å². The monoisotopic (exact) mass is 312 g/mol. The Morgan fingerprint density at radius 1 is 1.38 bits per heavy atom. The van der Waals surface area contributed by atoms with E-state index in [4.69, 9.17) is 0 Å². The largest absolute Gasteiger partial charge is 0.302 e. The number of hydrogen-bond acceptors (Lipinski definition) is 5. The van der Waals surface area contributed by atoms with Gasteiger partial charge in [0.05, 0.1) is 24.6 Å². The Morgan fingerprint density at radius 3 is 2.76 bits per heavy atom. The van der Waals surface area contributed by atoms with Gasteiger partial charge < -0.3 is 4.90 Å². The second-order valence-electron chi connectivity index (χ2n) is 4.55. The van der Waals surface area contributed by atoms with Crippen molar-refractivity contribution >= 4 is 15.7 Å². The van der Waals surface area contributed by atoms with Crippen LogP contribution in [0.4, 0.5) is 5.69 Å². The number of nitrogens with zero attached hydrogens (tertiary/aromatic N) is 4. The smallest absolute Gasteiger partial charge is 0.278 e. The summed E-state index contributed by atoms with van der Waals surface area (Å²) in [6.07, 6.45) is 4.57. The van der Waals surface area contributed by atoms with E-state index in [0.717, 1.165) is 19.6 Å². The quantitative estimate of drug-likeness (QED) is 0.750. The predicted octanol–water partition coefficient (Wildman–Crippen LogP) is 0.749. The Balaban J connectivity index is 1.97. The molecule has 0 spiro atoms. The van der Waals surface area contributed by atoms with Gasteiger partial charge in [-0.25, -0.2) is 0 Å². The van der Waals surface area contributed by atoms with Crippen LogP contribution in [0.1, 0.15) is 13.8 Å². The van der Waals surface area contributed by atoms with Crippen molar-refractivity contribution in [2.24, 2.45) is 0 Å². The lowest BCUT2D eigenvalue weighted by atomic mass is 10.4. The van der Waals surface area contributed by atoms with Crippen molar-refractivity contribution in [3.63, 3.8) is 0 Å². The van der Waals surface area contributed by atoms with E-state index in [1.165, 1.54) is 18.5 Å². The average molecular weight is 312 g/mol. The molecule has 2 heterocycles. The van der Waals surface area contributed by atoms with Crippen molar-refractivity contribution in [2.75, 3.05) is 24.4 Å². The molecule has 0 aliphatic rings. The molecule has 0 saturated heterocycles. The summed E-state index contributed by atoms with van der Waals surface area (Å²) < 4.78 is 28.2. The average Bonchev–Trinajstić information content (AvgIpc) is 3.11. The number of sulfonamides is 1. The maximum absolute atomic E-state index is 12.0. The van der Waals surface area contributed by atoms with Gasteiger partial charge in [0, 0.05) is 12.7 Å². The fourth-order valence-electron chi connectivity index (χ4n) is 1.93. The Labute approximate surface area is 124 Å². The van der Waals surface area contributed by atoms with Crippen molar-refractivity contribution < 1.29 is 8.42 Å². The fraction of sp³-hybridized carbons (Fsp3) is 0.500. The first-order valence-corrected chi connectivity index (χ1v) is 8.30. The van der Waals surface area contributed by atoms with Crippen LogP contribution in [0, 0.1) is 0 Å². The SMILES string of the molecule is CCN(CC)CCn1cc(NS(=O)(=O)c2ccn[nH]2)cn1. The summed E-state index contributed by atoms with van der Waals surface area (Å²) >= 11 is 0. The van der Waals surface area contributed by atoms with Gasteiger partial charge in [-0.1, -0.05) is 13.8 Å². The third-order valence-corrected chi connectivity index (χ3v) is 4.50. The minimum atomic E-state index is -3.63. The van der Waals surface area contributed by atoms with Crippen LogP contribution >= 0.6 is 0 Å². The number of aromatic amines is 1. The molecule has 2 N–H and O–H groups in total. The van der Waals surface area contributed by atoms with Crippen LogP contribution in [-0.2, 0) is 16.6 Å². The topological polar surface area (TPSA) is 95.9 Å². The lowest BCUT2D eigenvalue weighted by molar-refractivity contribution is 0.285. The standard InChI is InChI=1S/C12H20N6O2S/c1-3-17(4-2)7-8-18-10-11(9-14-18)16-21(19,20)12-5-6-13-15-12/h5-6,9-10,16H,3-4,7-8H2,1-2H3,(H,13,15). The number of H-pyrrole nitrogens is 1. The van der Waals surface area contributed by atoms with E-state index in [9.17, 15) is 8.42 Å². The zero-order valence-electron chi connectivity index (χ0n) is 12.2. The second kappa shape index (κ2) is 6.72. The normalized spacial score (nSPS) is 12.0. The van der Waals surface area contributed by atoms with Crippen LogP contribution in [0.5, 0.6) is 0 Å². The van der Waals surface area contributed by atoms with Crippen LogP contribution < -0.4 is 4.72 Å². The van der Waals surface area contributed by atoms with Crippen molar-refractivity contribution in [2.45, 2.75) is 25.4 Å². The summed E-state index contributed by atoms with van der Waals surface area (Å²) in [4.78, 5) is 2.27. The molecule has 2 rings (SSSR count). The lowest BCUT2D eigenvalue weighted by Crippen LogP contribution is -2.27. The number of aromatic nitrogens is 4. The molecule has 2 aromatic heterocycles. The molecule has 0 aliphatic carbocycles. The highest BCUT2D eigenvalue weighted by atomic mass is 32.2. The van der Waals surface area contributed by atoms with Crippen molar-refractivity contribution in [3.8, 4) is 0 Å². The molecule has 2 aromatic rings. The highest BCUT2D eigenvalue weighted by molar-refractivity contribution is 7.92. The first-order chi connectivity index (χ1) is 10.0. The predicted molar refractivity (Wildman–Crippen MR) is 79.4 cm³/mol. The molecule has 0 saturated carbocycles. The molecule has 0 fully saturated rings. The van der Waals surface area contributed by atoms with Gasteiger partial charge in [-0.15, -0.1) is 0 Å². The highest BCUT2D eigenvalue weighted by Crippen LogP contribution is 2.12. The summed E-state index contributed by atoms with van der Waals surface area (Å²) in [5.74, 6) is 0. The van der Waals surface area contributed by atoms with Gasteiger partial charge in [-0.3, -0.25) is 14.5 Å². The molecular formula is C12H20N6O2S. The number of likely N-dealkylation sites (N-methyl/N-ethyl adjacent to an activating group) is 1. The molecule has 21 heavy (non-hydrogen) atoms. The zero-order chi connectivity index (χ0) is 15.3. The number of hydrogen-bond donors (Lipinski definition) is 2. The molecule has 8 nitrogen and oxygen atoms in total. The molecule has 0 aromatic carbocycles. The number of rotatable bonds is 8. The molecule has 0 aliphatic heterocycles. The Kier molecular flexibility index (Phi) is 4.97. The molecule has 9 heteroatoms. The lowest BCUT2D eigenvalue weighted by Gasteiger charge is -2.17. The van der Waals surface area contributed by atoms with E-state index in [0.29, 0.717) is 12.2 Å². The fourth-order valence-corrected chi connectivity index (χ4v) is 2.86. The van der Waals surface area contributed by atoms with Crippen molar-refractivity contribution in [3.05, 3.63) is 24.7 Å². The van der Waals surface area contributed by atoms with E-state index in [-0.39, 0.29) is 5.03 Å². The Bertz CT molecular complexity index is 645. The van der Waals surface area contributed by atoms with Crippen LogP contribution in [0.3, 0.4) is 0 Å². The van der Waals surface area contributed by atoms with Gasteiger partial charge in [0.15, 0.2) is 5.03 Å². The molecule has 0 atom stereocenters. The number of anilines is 1. The molecule has 116 valence electrons. The van der Waals surface area contributed by atoms with Crippen molar-refractivity contribution in [1.82, 2.24) is 24.9 Å². The Hall–Kier alpha value is -1.87. The third kappa shape index (κ3) is 4.05. The molecule has 0 radical (unpaired) electrons. The van der Waals surface area contributed by atoms with E-state index in [1.807, 2.05) is 0 Å². The summed E-state index contributed by atoms with van der Waals surface area (Å²) in [5, 5.41) is 10.2. The molecule has 0 bridgehead atoms. The van der Waals surface area contributed by atoms with E-state index < -0.39 is 10.0 Å². The van der Waals surface area contributed by atoms with Crippen LogP contribution in [-0.4, -0.2) is 52.9 Å². The van der Waals surface area contributed by atoms with Crippen LogP contribution in [0.2, 0.25) is 0 Å². The summed E-state index contributed by atoms with van der Waals surface area (Å²) in [6, 6.07) is 1.40. The Morgan fingerprint density at radius 2 is 2.14 bits per heavy atom. The van der Waals surface area contributed by atoms with Gasteiger partial charge in [-0.2, -0.15) is 18.6 Å². The first kappa shape index (κ1) is 15.5. The summed E-state index contributed by atoms with van der Waals surface area (Å²) in [6.45, 7) is 7.77. The minimum absolute atomic E-state index is 0.0263. The minimum Gasteiger partial charge on any atom is -0.302 e. The summed E-state index contributed by atoms with van der Waals surface area (Å²) in [7, 11) is -3.63. The summed E-state index contributed by atoms with van der Waals surface area (Å²) in [5.41, 5.74) is 0.434. The third-order valence-electron chi connectivity index (χ3n) is 3.19. The maximum atomic E-state index is 12.0. The van der Waals surface area contributed by atoms with E-state index in [1.54, 1.807) is 10.9 Å². The van der Waals surface area contributed by atoms with Gasteiger partial charge in [0.25, 0.3) is 10.0 Å². The van der Waals surface area contributed by atoms with E-state index in [2.05, 4.69) is 38.8 Å². The van der Waals surface area contributed by atoms with Crippen molar-refractivity contribution in [1.29, 1.82) is 0 Å². The van der Waals surface area contributed by atoms with E-state index >= 15 is 0 Å². The van der Waals surface area contributed by atoms with Crippen LogP contribution in [0.25, 0.3) is 0 Å². The molecule has 0 amide bonds. The first-order valence-electron chi connectivity index (χ1n) is 6.82. The van der Waals surface area contributed by atoms with Gasteiger partial charge in [0.2, 0.25) is 0 Å². The highest BCUT2D eigenvalue weighted by Gasteiger charge is 2.16. The molecular weight excluding hydrogens is 292 g/mol.